The second-order valence-electron chi connectivity index (χ2n) is 10.1. The molecule has 2 aliphatic rings. The summed E-state index contributed by atoms with van der Waals surface area (Å²) in [5.41, 5.74) is 4.20. The molecule has 0 unspecified atom stereocenters. The predicted octanol–water partition coefficient (Wildman–Crippen LogP) is 5.14. The maximum absolute atomic E-state index is 13.1. The number of rotatable bonds is 7. The molecular formula is C26H36N6O. The third kappa shape index (κ3) is 4.35. The van der Waals surface area contributed by atoms with Crippen molar-refractivity contribution in [2.45, 2.75) is 103 Å². The second-order valence-corrected chi connectivity index (χ2v) is 10.1. The molecule has 0 aliphatic heterocycles. The Hall–Kier alpha value is -2.54. The molecule has 7 heteroatoms. The molecule has 2 aliphatic carbocycles. The number of hydrogen-bond donors (Lipinski definition) is 1. The van der Waals surface area contributed by atoms with Gasteiger partial charge in [-0.25, -0.2) is 4.68 Å². The highest BCUT2D eigenvalue weighted by atomic mass is 16.1. The van der Waals surface area contributed by atoms with Crippen LogP contribution in [0.25, 0.3) is 10.9 Å². The van der Waals surface area contributed by atoms with Crippen LogP contribution in [-0.4, -0.2) is 36.1 Å². The smallest absolute Gasteiger partial charge is 0.252 e. The topological polar surface area (TPSA) is 79.7 Å². The summed E-state index contributed by atoms with van der Waals surface area (Å²) in [5.74, 6) is 0.972. The van der Waals surface area contributed by atoms with Crippen molar-refractivity contribution in [2.75, 3.05) is 0 Å². The Bertz CT molecular complexity index is 1170. The predicted molar refractivity (Wildman–Crippen MR) is 130 cm³/mol. The SMILES string of the molecule is CC[C@@H](c1nnnn1C1CCCC1)N(Cc1cc2cc(C)c(C)cc2[nH]c1=O)C1CCCC1. The fourth-order valence-electron chi connectivity index (χ4n) is 5.96. The van der Waals surface area contributed by atoms with Crippen LogP contribution < -0.4 is 5.56 Å². The van der Waals surface area contributed by atoms with Crippen LogP contribution in [0.2, 0.25) is 0 Å². The van der Waals surface area contributed by atoms with E-state index in [-0.39, 0.29) is 11.6 Å². The quantitative estimate of drug-likeness (QED) is 0.541. The molecular weight excluding hydrogens is 412 g/mol. The summed E-state index contributed by atoms with van der Waals surface area (Å²) in [6.07, 6.45) is 10.6. The van der Waals surface area contributed by atoms with Crippen LogP contribution in [0.5, 0.6) is 0 Å². The minimum absolute atomic E-state index is 0.0130. The fraction of sp³-hybridized carbons (Fsp3) is 0.615. The van der Waals surface area contributed by atoms with Gasteiger partial charge in [-0.05, 0) is 91.1 Å². The minimum Gasteiger partial charge on any atom is -0.322 e. The highest BCUT2D eigenvalue weighted by molar-refractivity contribution is 5.80. The summed E-state index contributed by atoms with van der Waals surface area (Å²) in [7, 11) is 0. The van der Waals surface area contributed by atoms with Gasteiger partial charge in [-0.15, -0.1) is 5.10 Å². The van der Waals surface area contributed by atoms with Crippen molar-refractivity contribution in [3.63, 3.8) is 0 Å². The number of aromatic amines is 1. The van der Waals surface area contributed by atoms with Crippen LogP contribution in [0.3, 0.4) is 0 Å². The first-order chi connectivity index (χ1) is 16.0. The van der Waals surface area contributed by atoms with Gasteiger partial charge in [-0.1, -0.05) is 32.6 Å². The lowest BCUT2D eigenvalue weighted by Crippen LogP contribution is -2.39. The number of benzene rings is 1. The Morgan fingerprint density at radius 3 is 2.48 bits per heavy atom. The van der Waals surface area contributed by atoms with Crippen LogP contribution in [0.1, 0.15) is 99.3 Å². The molecule has 1 atom stereocenters. The van der Waals surface area contributed by atoms with Crippen molar-refractivity contribution in [1.82, 2.24) is 30.1 Å². The molecule has 33 heavy (non-hydrogen) atoms. The Morgan fingerprint density at radius 1 is 1.06 bits per heavy atom. The van der Waals surface area contributed by atoms with Crippen molar-refractivity contribution < 1.29 is 0 Å². The molecule has 0 amide bonds. The molecule has 2 aromatic heterocycles. The van der Waals surface area contributed by atoms with Gasteiger partial charge in [0.1, 0.15) is 0 Å². The van der Waals surface area contributed by atoms with Crippen LogP contribution in [-0.2, 0) is 6.54 Å². The van der Waals surface area contributed by atoms with Gasteiger partial charge in [0.25, 0.3) is 5.56 Å². The molecule has 0 radical (unpaired) electrons. The number of H-pyrrole nitrogens is 1. The number of pyridine rings is 1. The molecule has 0 saturated heterocycles. The third-order valence-electron chi connectivity index (χ3n) is 7.96. The summed E-state index contributed by atoms with van der Waals surface area (Å²) >= 11 is 0. The van der Waals surface area contributed by atoms with E-state index in [1.807, 2.05) is 0 Å². The Balaban J connectivity index is 1.52. The van der Waals surface area contributed by atoms with E-state index in [4.69, 9.17) is 0 Å². The molecule has 0 bridgehead atoms. The molecule has 2 heterocycles. The van der Waals surface area contributed by atoms with E-state index >= 15 is 0 Å². The van der Waals surface area contributed by atoms with Gasteiger partial charge in [0, 0.05) is 23.7 Å². The Morgan fingerprint density at radius 2 is 1.76 bits per heavy atom. The van der Waals surface area contributed by atoms with E-state index in [9.17, 15) is 4.79 Å². The van der Waals surface area contributed by atoms with Crippen molar-refractivity contribution in [3.05, 3.63) is 51.1 Å². The minimum atomic E-state index is 0.0130. The van der Waals surface area contributed by atoms with E-state index in [0.717, 1.165) is 41.6 Å². The van der Waals surface area contributed by atoms with Crippen LogP contribution >= 0.6 is 0 Å². The summed E-state index contributed by atoms with van der Waals surface area (Å²) in [6, 6.07) is 7.33. The number of hydrogen-bond acceptors (Lipinski definition) is 5. The number of aryl methyl sites for hydroxylation is 2. The van der Waals surface area contributed by atoms with Crippen LogP contribution in [0, 0.1) is 13.8 Å². The van der Waals surface area contributed by atoms with E-state index in [0.29, 0.717) is 18.6 Å². The fourth-order valence-corrected chi connectivity index (χ4v) is 5.96. The van der Waals surface area contributed by atoms with Gasteiger partial charge >= 0.3 is 0 Å². The first-order valence-corrected chi connectivity index (χ1v) is 12.7. The lowest BCUT2D eigenvalue weighted by molar-refractivity contribution is 0.110. The highest BCUT2D eigenvalue weighted by Gasteiger charge is 2.34. The molecule has 1 N–H and O–H groups in total. The van der Waals surface area contributed by atoms with Crippen molar-refractivity contribution in [2.24, 2.45) is 0 Å². The van der Waals surface area contributed by atoms with Crippen molar-refractivity contribution >= 4 is 10.9 Å². The third-order valence-corrected chi connectivity index (χ3v) is 7.96. The zero-order valence-corrected chi connectivity index (χ0v) is 20.2. The monoisotopic (exact) mass is 448 g/mol. The molecule has 0 spiro atoms. The summed E-state index contributed by atoms with van der Waals surface area (Å²) in [5, 5.41) is 14.2. The lowest BCUT2D eigenvalue weighted by atomic mass is 10.0. The average molecular weight is 449 g/mol. The van der Waals surface area contributed by atoms with Gasteiger partial charge in [0.15, 0.2) is 5.82 Å². The zero-order chi connectivity index (χ0) is 22.9. The van der Waals surface area contributed by atoms with Gasteiger partial charge in [0.2, 0.25) is 0 Å². The first-order valence-electron chi connectivity index (χ1n) is 12.7. The standard InChI is InChI=1S/C26H36N6O/c1-4-24(25-28-29-30-32(25)22-11-7-8-12-22)31(21-9-5-6-10-21)16-20-15-19-13-17(2)18(3)14-23(19)27-26(20)33/h13-15,21-22,24H,4-12,16H2,1-3H3,(H,27,33)/t24-/m0/s1. The largest absolute Gasteiger partial charge is 0.322 e. The number of fused-ring (bicyclic) bond motifs is 1. The molecule has 2 saturated carbocycles. The van der Waals surface area contributed by atoms with Crippen molar-refractivity contribution in [3.8, 4) is 0 Å². The summed E-state index contributed by atoms with van der Waals surface area (Å²) in [4.78, 5) is 18.8. The summed E-state index contributed by atoms with van der Waals surface area (Å²) in [6.45, 7) is 7.06. The summed E-state index contributed by atoms with van der Waals surface area (Å²) < 4.78 is 2.10. The van der Waals surface area contributed by atoms with Gasteiger partial charge in [-0.3, -0.25) is 9.69 Å². The van der Waals surface area contributed by atoms with E-state index in [1.54, 1.807) is 0 Å². The maximum Gasteiger partial charge on any atom is 0.252 e. The van der Waals surface area contributed by atoms with E-state index < -0.39 is 0 Å². The van der Waals surface area contributed by atoms with Gasteiger partial charge in [-0.2, -0.15) is 0 Å². The molecule has 2 fully saturated rings. The number of aromatic nitrogens is 5. The Kier molecular flexibility index (Phi) is 6.32. The molecule has 7 nitrogen and oxygen atoms in total. The van der Waals surface area contributed by atoms with Crippen LogP contribution in [0.4, 0.5) is 0 Å². The lowest BCUT2D eigenvalue weighted by Gasteiger charge is -2.35. The van der Waals surface area contributed by atoms with Crippen LogP contribution in [0.15, 0.2) is 23.0 Å². The maximum atomic E-state index is 13.1. The highest BCUT2D eigenvalue weighted by Crippen LogP contribution is 2.36. The van der Waals surface area contributed by atoms with Crippen molar-refractivity contribution in [1.29, 1.82) is 0 Å². The van der Waals surface area contributed by atoms with E-state index in [1.165, 1.54) is 49.7 Å². The van der Waals surface area contributed by atoms with Gasteiger partial charge < -0.3 is 4.98 Å². The normalized spacial score (nSPS) is 18.7. The number of tetrazole rings is 1. The second kappa shape index (κ2) is 9.37. The van der Waals surface area contributed by atoms with E-state index in [2.05, 4.69) is 69.1 Å². The average Bonchev–Trinajstić information content (AvgIpc) is 3.57. The van der Waals surface area contributed by atoms with Gasteiger partial charge in [0.05, 0.1) is 12.1 Å². The first kappa shape index (κ1) is 22.3. The molecule has 5 rings (SSSR count). The number of nitrogens with one attached hydrogen (secondary N) is 1. The zero-order valence-electron chi connectivity index (χ0n) is 20.2. The Labute approximate surface area is 195 Å². The number of nitrogens with zero attached hydrogens (tertiary/aromatic N) is 5. The molecule has 176 valence electrons. The molecule has 3 aromatic rings. The molecule has 1 aromatic carbocycles.